The van der Waals surface area contributed by atoms with Gasteiger partial charge >= 0.3 is 0 Å². The van der Waals surface area contributed by atoms with E-state index in [0.29, 0.717) is 51.4 Å². The molecule has 0 saturated carbocycles. The highest BCUT2D eigenvalue weighted by molar-refractivity contribution is 5.87. The second-order valence-electron chi connectivity index (χ2n) is 7.09. The highest BCUT2D eigenvalue weighted by atomic mass is 16.2. The van der Waals surface area contributed by atoms with Gasteiger partial charge in [0.1, 0.15) is 24.6 Å². The molecule has 0 fully saturated rings. The summed E-state index contributed by atoms with van der Waals surface area (Å²) in [7, 11) is 0. The minimum Gasteiger partial charge on any atom is -0.369 e. The fourth-order valence-electron chi connectivity index (χ4n) is 2.28. The second-order valence-corrected chi connectivity index (χ2v) is 7.09. The summed E-state index contributed by atoms with van der Waals surface area (Å²) in [6.07, 6.45) is 5.35. The number of Topliss-reactive ketones (excluding diaryl/α,β-unsaturated/α-hetero) is 1. The number of nitrogens with two attached hydrogens (primary N) is 3. The number of ketones is 1. The molecule has 1 aromatic carbocycles. The molecule has 0 aromatic heterocycles. The predicted octanol–water partition coefficient (Wildman–Crippen LogP) is 1.50. The molecule has 10 nitrogen and oxygen atoms in total. The van der Waals surface area contributed by atoms with Crippen LogP contribution in [0.5, 0.6) is 0 Å². The largest absolute Gasteiger partial charge is 0.369 e. The van der Waals surface area contributed by atoms with Gasteiger partial charge in [-0.25, -0.2) is 0 Å². The summed E-state index contributed by atoms with van der Waals surface area (Å²) in [5.74, 6) is -0.870. The third-order valence-electron chi connectivity index (χ3n) is 3.92. The Kier molecular flexibility index (Phi) is 28.0. The maximum Gasteiger partial charge on any atom is 0.237 e. The van der Waals surface area contributed by atoms with Crippen molar-refractivity contribution in [2.45, 2.75) is 77.8 Å². The highest BCUT2D eigenvalue weighted by Gasteiger charge is 2.18. The van der Waals surface area contributed by atoms with Crippen molar-refractivity contribution < 1.29 is 31.6 Å². The Labute approximate surface area is 211 Å². The summed E-state index contributed by atoms with van der Waals surface area (Å²) in [6.45, 7) is 5.82. The highest BCUT2D eigenvalue weighted by Crippen LogP contribution is 1.98. The molecule has 10 heteroatoms. The molecular weight excluding hydrogens is 452 g/mol. The molecule has 0 radical (unpaired) electrons. The molecule has 0 unspecified atom stereocenters. The lowest BCUT2D eigenvalue weighted by Crippen LogP contribution is -2.46. The number of unbranched alkanes of at least 4 members (excludes halogenated alkanes) is 2. The maximum atomic E-state index is 11.5. The third-order valence-corrected chi connectivity index (χ3v) is 3.92. The minimum absolute atomic E-state index is 0. The number of amides is 2. The van der Waals surface area contributed by atoms with Gasteiger partial charge in [0.25, 0.3) is 0 Å². The molecule has 0 heterocycles. The van der Waals surface area contributed by atoms with Crippen LogP contribution in [0.15, 0.2) is 30.3 Å². The number of nitrogens with one attached hydrogen (secondary N) is 1. The van der Waals surface area contributed by atoms with E-state index in [4.69, 9.17) is 17.2 Å². The molecule has 2 atom stereocenters. The first kappa shape index (κ1) is 36.3. The summed E-state index contributed by atoms with van der Waals surface area (Å²) in [5, 5.41) is 2.41. The predicted molar refractivity (Wildman–Crippen MR) is 140 cm³/mol. The van der Waals surface area contributed by atoms with E-state index in [1.807, 2.05) is 44.2 Å². The zero-order chi connectivity index (χ0) is 27.5. The van der Waals surface area contributed by atoms with Crippen LogP contribution in [0.1, 0.15) is 67.7 Å². The standard InChI is InChI=1S/C10H19N3O3.C8H9NO.C5H8O2.C2H6.2H2/c1-7(15)5-8(6-14)13-10(16)9(12)3-2-4-11;9-8(10)6-7-4-2-1-3-5-7;6-4-2-1-3-5-7;1-2;;/h6,8-9H,2-5,11-12H2,1H3,(H,13,16);1-5H,6H2,(H2,9,10);4-5H,1-3H2;1-2H3;2*1H/t8-,9-;;;;;/m0...../s1. The van der Waals surface area contributed by atoms with Crippen LogP contribution in [0, 0.1) is 0 Å². The van der Waals surface area contributed by atoms with Crippen LogP contribution in [-0.2, 0) is 35.2 Å². The van der Waals surface area contributed by atoms with Crippen LogP contribution < -0.4 is 22.5 Å². The van der Waals surface area contributed by atoms with Crippen molar-refractivity contribution in [3.05, 3.63) is 35.9 Å². The maximum absolute atomic E-state index is 11.5. The zero-order valence-electron chi connectivity index (χ0n) is 21.1. The van der Waals surface area contributed by atoms with Crippen molar-refractivity contribution in [3.8, 4) is 0 Å². The van der Waals surface area contributed by atoms with Gasteiger partial charge in [0, 0.05) is 22.1 Å². The lowest BCUT2D eigenvalue weighted by molar-refractivity contribution is -0.126. The van der Waals surface area contributed by atoms with Crippen LogP contribution in [-0.4, -0.2) is 55.1 Å². The van der Waals surface area contributed by atoms with Gasteiger partial charge in [0.15, 0.2) is 0 Å². The van der Waals surface area contributed by atoms with Crippen LogP contribution in [0.2, 0.25) is 0 Å². The van der Waals surface area contributed by atoms with Crippen molar-refractivity contribution in [2.24, 2.45) is 17.2 Å². The first-order valence-electron chi connectivity index (χ1n) is 11.6. The first-order chi connectivity index (χ1) is 16.7. The Balaban J connectivity index is -0.000000140. The van der Waals surface area contributed by atoms with E-state index in [0.717, 1.165) is 18.1 Å². The van der Waals surface area contributed by atoms with Crippen molar-refractivity contribution in [1.29, 1.82) is 0 Å². The molecule has 1 rings (SSSR count). The van der Waals surface area contributed by atoms with E-state index >= 15 is 0 Å². The van der Waals surface area contributed by atoms with E-state index in [2.05, 4.69) is 5.32 Å². The Morgan fingerprint density at radius 1 is 1.00 bits per heavy atom. The molecule has 0 bridgehead atoms. The molecule has 0 spiro atoms. The molecule has 0 saturated heterocycles. The Hall–Kier alpha value is -3.24. The Morgan fingerprint density at radius 2 is 1.54 bits per heavy atom. The van der Waals surface area contributed by atoms with Crippen molar-refractivity contribution in [1.82, 2.24) is 5.32 Å². The monoisotopic (exact) mass is 498 g/mol. The van der Waals surface area contributed by atoms with E-state index < -0.39 is 18.0 Å². The molecule has 35 heavy (non-hydrogen) atoms. The number of carbonyl (C=O) groups excluding carboxylic acids is 6. The topological polar surface area (TPSA) is 193 Å². The van der Waals surface area contributed by atoms with Gasteiger partial charge in [-0.05, 0) is 38.3 Å². The fourth-order valence-corrected chi connectivity index (χ4v) is 2.28. The lowest BCUT2D eigenvalue weighted by atomic mass is 10.1. The molecule has 7 N–H and O–H groups in total. The quantitative estimate of drug-likeness (QED) is 0.219. The van der Waals surface area contributed by atoms with E-state index in [1.54, 1.807) is 0 Å². The number of rotatable bonds is 14. The summed E-state index contributed by atoms with van der Waals surface area (Å²) in [6, 6.07) is 7.98. The van der Waals surface area contributed by atoms with Crippen LogP contribution in [0.4, 0.5) is 0 Å². The summed E-state index contributed by atoms with van der Waals surface area (Å²) < 4.78 is 0. The average Bonchev–Trinajstić information content (AvgIpc) is 2.84. The van der Waals surface area contributed by atoms with Gasteiger partial charge in [-0.2, -0.15) is 0 Å². The Bertz CT molecular complexity index is 716. The number of hydrogen-bond donors (Lipinski definition) is 4. The fraction of sp³-hybridized carbons (Fsp3) is 0.520. The van der Waals surface area contributed by atoms with Crippen molar-refractivity contribution in [2.75, 3.05) is 6.54 Å². The summed E-state index contributed by atoms with van der Waals surface area (Å²) in [4.78, 5) is 62.3. The number of aldehydes is 3. The SMILES string of the molecule is CC.CC(=O)C[C@@H](C=O)NC(=O)[C@@H](N)CCCN.NC(=O)Cc1ccccc1.O=CCCCC=O.[HH].[HH]. The molecule has 2 amide bonds. The van der Waals surface area contributed by atoms with Crippen LogP contribution in [0.25, 0.3) is 0 Å². The minimum atomic E-state index is -0.783. The molecule has 0 aliphatic rings. The van der Waals surface area contributed by atoms with Crippen LogP contribution >= 0.6 is 0 Å². The smallest absolute Gasteiger partial charge is 0.237 e. The summed E-state index contributed by atoms with van der Waals surface area (Å²) >= 11 is 0. The molecular formula is C25H46N4O6. The second kappa shape index (κ2) is 27.0. The van der Waals surface area contributed by atoms with E-state index in [-0.39, 0.29) is 21.0 Å². The number of carbonyl (C=O) groups is 6. The number of benzene rings is 1. The van der Waals surface area contributed by atoms with Gasteiger partial charge in [0.05, 0.1) is 18.5 Å². The number of primary amides is 1. The zero-order valence-corrected chi connectivity index (χ0v) is 21.1. The molecule has 0 aliphatic carbocycles. The summed E-state index contributed by atoms with van der Waals surface area (Å²) in [5.41, 5.74) is 16.8. The number of hydrogen-bond acceptors (Lipinski definition) is 8. The lowest BCUT2D eigenvalue weighted by Gasteiger charge is -2.15. The normalized spacial score (nSPS) is 10.8. The van der Waals surface area contributed by atoms with Gasteiger partial charge in [-0.3, -0.25) is 14.4 Å². The van der Waals surface area contributed by atoms with Gasteiger partial charge in [0.2, 0.25) is 11.8 Å². The van der Waals surface area contributed by atoms with Gasteiger partial charge < -0.3 is 36.9 Å². The molecule has 1 aromatic rings. The van der Waals surface area contributed by atoms with Gasteiger partial charge in [-0.15, -0.1) is 0 Å². The average molecular weight is 499 g/mol. The van der Waals surface area contributed by atoms with E-state index in [1.165, 1.54) is 6.92 Å². The first-order valence-corrected chi connectivity index (χ1v) is 11.6. The van der Waals surface area contributed by atoms with Crippen LogP contribution in [0.3, 0.4) is 0 Å². The van der Waals surface area contributed by atoms with Crippen molar-refractivity contribution in [3.63, 3.8) is 0 Å². The van der Waals surface area contributed by atoms with E-state index in [9.17, 15) is 28.8 Å². The third kappa shape index (κ3) is 26.9. The van der Waals surface area contributed by atoms with Gasteiger partial charge in [-0.1, -0.05) is 44.2 Å². The Morgan fingerprint density at radius 3 is 1.94 bits per heavy atom. The van der Waals surface area contributed by atoms with Crippen molar-refractivity contribution >= 4 is 36.5 Å². The molecule has 202 valence electrons. The molecule has 0 aliphatic heterocycles.